The van der Waals surface area contributed by atoms with Crippen LogP contribution in [0.25, 0.3) is 0 Å². The summed E-state index contributed by atoms with van der Waals surface area (Å²) in [5.74, 6) is -3.00. The van der Waals surface area contributed by atoms with Crippen molar-refractivity contribution in [1.29, 1.82) is 0 Å². The largest absolute Gasteiger partial charge is 0.390 e. The molecule has 1 amide bonds. The van der Waals surface area contributed by atoms with Crippen LogP contribution in [0, 0.1) is 28.6 Å². The first kappa shape index (κ1) is 30.4. The highest BCUT2D eigenvalue weighted by molar-refractivity contribution is 8.14. The lowest BCUT2D eigenvalue weighted by Crippen LogP contribution is -2.70. The van der Waals surface area contributed by atoms with Crippen LogP contribution in [0.4, 0.5) is 8.78 Å². The van der Waals surface area contributed by atoms with Gasteiger partial charge < -0.3 is 15.5 Å². The van der Waals surface area contributed by atoms with E-state index >= 15 is 8.78 Å². The molecule has 216 valence electrons. The van der Waals surface area contributed by atoms with Gasteiger partial charge in [0.05, 0.1) is 17.9 Å². The van der Waals surface area contributed by atoms with Crippen molar-refractivity contribution in [3.05, 3.63) is 23.8 Å². The van der Waals surface area contributed by atoms with Crippen molar-refractivity contribution in [2.75, 3.05) is 17.8 Å². The number of nitrogens with one attached hydrogen (secondary N) is 1. The maximum absolute atomic E-state index is 17.3. The number of fused-ring (bicyclic) bond motifs is 5. The van der Waals surface area contributed by atoms with Gasteiger partial charge >= 0.3 is 0 Å². The smallest absolute Gasteiger partial charge is 0.211 e. The fraction of sp³-hybridized carbons (Fsp3) is 0.714. The highest BCUT2D eigenvalue weighted by Crippen LogP contribution is 2.71. The molecule has 0 saturated heterocycles. The van der Waals surface area contributed by atoms with E-state index in [0.717, 1.165) is 17.8 Å². The number of aliphatic hydroxyl groups is 2. The number of aliphatic hydroxyl groups excluding tert-OH is 1. The number of halogens is 2. The van der Waals surface area contributed by atoms with Gasteiger partial charge in [-0.25, -0.2) is 8.78 Å². The molecule has 3 N–H and O–H groups in total. The molecule has 4 aliphatic carbocycles. The van der Waals surface area contributed by atoms with Crippen LogP contribution in [0.3, 0.4) is 0 Å². The van der Waals surface area contributed by atoms with Crippen LogP contribution in [-0.4, -0.2) is 80.7 Å². The molecule has 39 heavy (non-hydrogen) atoms. The van der Waals surface area contributed by atoms with Gasteiger partial charge in [0.25, 0.3) is 0 Å². The van der Waals surface area contributed by atoms with E-state index in [1.54, 1.807) is 13.8 Å². The maximum Gasteiger partial charge on any atom is 0.211 e. The predicted molar refractivity (Wildman–Crippen MR) is 147 cm³/mol. The van der Waals surface area contributed by atoms with Crippen molar-refractivity contribution in [3.63, 3.8) is 0 Å². The Morgan fingerprint density at radius 2 is 1.97 bits per heavy atom. The summed E-state index contributed by atoms with van der Waals surface area (Å²) in [6.45, 7) is 4.85. The second kappa shape index (κ2) is 10.7. The van der Waals surface area contributed by atoms with Crippen LogP contribution in [0.2, 0.25) is 0 Å². The van der Waals surface area contributed by atoms with Gasteiger partial charge in [0.1, 0.15) is 11.8 Å². The van der Waals surface area contributed by atoms with Gasteiger partial charge in [-0.15, -0.1) is 0 Å². The molecule has 10 atom stereocenters. The number of hydrogen-bond acceptors (Lipinski definition) is 8. The molecule has 0 aliphatic heterocycles. The molecule has 3 saturated carbocycles. The zero-order chi connectivity index (χ0) is 29.0. The average molecular weight is 586 g/mol. The minimum Gasteiger partial charge on any atom is -0.390 e. The van der Waals surface area contributed by atoms with Gasteiger partial charge in [-0.3, -0.25) is 19.2 Å². The normalized spacial score (nSPS) is 43.5. The zero-order valence-corrected chi connectivity index (χ0v) is 24.2. The first-order valence-corrected chi connectivity index (χ1v) is 15.7. The second-order valence-corrected chi connectivity index (χ2v) is 13.9. The maximum atomic E-state index is 17.3. The average Bonchev–Trinajstić information content (AvgIpc) is 3.09. The second-order valence-electron chi connectivity index (χ2n) is 11.9. The van der Waals surface area contributed by atoms with Crippen molar-refractivity contribution in [3.8, 4) is 0 Å². The molecular weight excluding hydrogens is 548 g/mol. The number of carbonyl (C=O) groups excluding carboxylic acids is 4. The lowest BCUT2D eigenvalue weighted by molar-refractivity contribution is -0.222. The number of amides is 1. The number of allylic oxidation sites excluding steroid dienone is 4. The van der Waals surface area contributed by atoms with E-state index in [0.29, 0.717) is 18.6 Å². The SMILES string of the molecule is CSCCC(NC=O)C(=O)SCC(=O)[C@@]1(O)[C@H](C)C[C@H]2[C@@H]3CC(F)C4=CC(=O)C=C[C@]4(C)C3(F)[C@@H](O)C[C@@]21C. The van der Waals surface area contributed by atoms with Crippen molar-refractivity contribution in [2.24, 2.45) is 28.6 Å². The van der Waals surface area contributed by atoms with Gasteiger partial charge in [-0.2, -0.15) is 11.8 Å². The summed E-state index contributed by atoms with van der Waals surface area (Å²) in [5.41, 5.74) is -7.06. The number of rotatable bonds is 9. The van der Waals surface area contributed by atoms with E-state index in [9.17, 15) is 29.4 Å². The number of carbonyl (C=O) groups is 4. The summed E-state index contributed by atoms with van der Waals surface area (Å²) < 4.78 is 32.8. The monoisotopic (exact) mass is 585 g/mol. The van der Waals surface area contributed by atoms with Crippen LogP contribution in [0.5, 0.6) is 0 Å². The van der Waals surface area contributed by atoms with Gasteiger partial charge in [0, 0.05) is 16.7 Å². The molecule has 3 unspecified atom stereocenters. The third-order valence-electron chi connectivity index (χ3n) is 10.1. The van der Waals surface area contributed by atoms with Crippen LogP contribution in [-0.2, 0) is 19.2 Å². The van der Waals surface area contributed by atoms with Gasteiger partial charge in [0.2, 0.25) is 11.5 Å². The Hall–Kier alpha value is -1.56. The number of ketones is 2. The highest BCUT2D eigenvalue weighted by Gasteiger charge is 2.76. The summed E-state index contributed by atoms with van der Waals surface area (Å²) in [6.07, 6.45) is 2.90. The molecule has 0 aromatic carbocycles. The molecule has 0 aromatic rings. The van der Waals surface area contributed by atoms with E-state index in [-0.39, 0.29) is 30.6 Å². The fourth-order valence-electron chi connectivity index (χ4n) is 8.07. The standard InChI is InChI=1S/C28H37F2NO6S2/c1-15-9-17-18-11-20(29)19-10-16(33)5-7-25(19,2)27(18,30)22(34)12-26(17,3)28(15,37)23(35)13-39-24(36)21(31-14-32)6-8-38-4/h5,7,10,14-15,17-18,20-22,34,37H,6,8-9,11-13H2,1-4H3,(H,31,32)/t15-,17+,18+,20?,21?,22+,25+,26+,27?,28+/m1/s1. The van der Waals surface area contributed by atoms with E-state index in [4.69, 9.17) is 0 Å². The first-order chi connectivity index (χ1) is 18.2. The molecule has 0 radical (unpaired) electrons. The van der Waals surface area contributed by atoms with Crippen molar-refractivity contribution < 1.29 is 38.2 Å². The Labute approximate surface area is 236 Å². The molecular formula is C28H37F2NO6S2. The van der Waals surface area contributed by atoms with Crippen molar-refractivity contribution in [2.45, 2.75) is 76.0 Å². The summed E-state index contributed by atoms with van der Waals surface area (Å²) in [4.78, 5) is 49.3. The zero-order valence-electron chi connectivity index (χ0n) is 22.6. The van der Waals surface area contributed by atoms with E-state index < -0.39 is 74.9 Å². The van der Waals surface area contributed by atoms with Gasteiger partial charge in [0.15, 0.2) is 17.2 Å². The van der Waals surface area contributed by atoms with E-state index in [1.165, 1.54) is 30.8 Å². The predicted octanol–water partition coefficient (Wildman–Crippen LogP) is 2.98. The summed E-state index contributed by atoms with van der Waals surface area (Å²) in [5, 5.41) is 25.5. The number of alkyl halides is 2. The Kier molecular flexibility index (Phi) is 8.33. The minimum atomic E-state index is -2.30. The van der Waals surface area contributed by atoms with E-state index in [2.05, 4.69) is 5.32 Å². The molecule has 4 aliphatic rings. The first-order valence-electron chi connectivity index (χ1n) is 13.3. The Morgan fingerprint density at radius 1 is 1.28 bits per heavy atom. The topological polar surface area (TPSA) is 121 Å². The Morgan fingerprint density at radius 3 is 2.62 bits per heavy atom. The van der Waals surface area contributed by atoms with Gasteiger partial charge in [-0.05, 0) is 74.2 Å². The van der Waals surface area contributed by atoms with Crippen LogP contribution in [0.15, 0.2) is 23.8 Å². The van der Waals surface area contributed by atoms with Crippen molar-refractivity contribution in [1.82, 2.24) is 5.32 Å². The summed E-state index contributed by atoms with van der Waals surface area (Å²) >= 11 is 2.24. The summed E-state index contributed by atoms with van der Waals surface area (Å²) in [6, 6.07) is -0.766. The lowest BCUT2D eigenvalue weighted by atomic mass is 9.44. The van der Waals surface area contributed by atoms with Crippen LogP contribution < -0.4 is 5.32 Å². The molecule has 11 heteroatoms. The molecule has 3 fully saturated rings. The molecule has 4 rings (SSSR count). The third-order valence-corrected chi connectivity index (χ3v) is 11.8. The third kappa shape index (κ3) is 4.37. The molecule has 0 heterocycles. The highest BCUT2D eigenvalue weighted by atomic mass is 32.2. The molecule has 0 spiro atoms. The summed E-state index contributed by atoms with van der Waals surface area (Å²) in [7, 11) is 0. The van der Waals surface area contributed by atoms with Crippen LogP contribution in [0.1, 0.15) is 46.5 Å². The molecule has 0 bridgehead atoms. The Bertz CT molecular complexity index is 1120. The number of Topliss-reactive ketones (excluding diaryl/α,β-unsaturated/α-hetero) is 1. The Balaban J connectivity index is 1.62. The van der Waals surface area contributed by atoms with Crippen molar-refractivity contribution >= 4 is 46.6 Å². The lowest BCUT2D eigenvalue weighted by Gasteiger charge is -2.63. The minimum absolute atomic E-state index is 0.0173. The quantitative estimate of drug-likeness (QED) is 0.354. The molecule has 0 aromatic heterocycles. The van der Waals surface area contributed by atoms with Gasteiger partial charge in [-0.1, -0.05) is 31.7 Å². The number of hydrogen-bond donors (Lipinski definition) is 3. The number of thioether (sulfide) groups is 2. The van der Waals surface area contributed by atoms with E-state index in [1.807, 2.05) is 6.26 Å². The molecule has 7 nitrogen and oxygen atoms in total. The van der Waals surface area contributed by atoms with Crippen LogP contribution >= 0.6 is 23.5 Å². The fourth-order valence-corrected chi connectivity index (χ4v) is 9.42.